The van der Waals surface area contributed by atoms with Crippen LogP contribution in [0.2, 0.25) is 0 Å². The van der Waals surface area contributed by atoms with E-state index >= 15 is 0 Å². The first kappa shape index (κ1) is 27.5. The van der Waals surface area contributed by atoms with Crippen LogP contribution >= 0.6 is 11.3 Å². The molecule has 2 aromatic carbocycles. The summed E-state index contributed by atoms with van der Waals surface area (Å²) in [6, 6.07) is 15.4. The molecule has 0 saturated heterocycles. The third kappa shape index (κ3) is 6.45. The first-order chi connectivity index (χ1) is 18.2. The van der Waals surface area contributed by atoms with Gasteiger partial charge in [0, 0.05) is 11.0 Å². The summed E-state index contributed by atoms with van der Waals surface area (Å²) in [5, 5.41) is 3.47. The average Bonchev–Trinajstić information content (AvgIpc) is 3.27. The molecule has 0 bridgehead atoms. The van der Waals surface area contributed by atoms with E-state index in [9.17, 15) is 9.59 Å². The van der Waals surface area contributed by atoms with Gasteiger partial charge >= 0.3 is 5.97 Å². The summed E-state index contributed by atoms with van der Waals surface area (Å²) in [6.07, 6.45) is 5.88. The second-order valence-corrected chi connectivity index (χ2v) is 11.6. The molecule has 1 N–H and O–H groups in total. The maximum absolute atomic E-state index is 12.9. The van der Waals surface area contributed by atoms with Gasteiger partial charge < -0.3 is 19.5 Å². The fourth-order valence-corrected chi connectivity index (χ4v) is 6.02. The van der Waals surface area contributed by atoms with Crippen LogP contribution < -0.4 is 14.8 Å². The van der Waals surface area contributed by atoms with Crippen molar-refractivity contribution in [3.8, 4) is 11.5 Å². The number of thiophene rings is 1. The molecule has 1 atom stereocenters. The van der Waals surface area contributed by atoms with E-state index in [1.165, 1.54) is 24.5 Å². The topological polar surface area (TPSA) is 73.9 Å². The molecule has 1 amide bonds. The molecule has 1 heterocycles. The summed E-state index contributed by atoms with van der Waals surface area (Å²) in [4.78, 5) is 26.7. The monoisotopic (exact) mass is 533 g/mol. The third-order valence-corrected chi connectivity index (χ3v) is 8.14. The van der Waals surface area contributed by atoms with Gasteiger partial charge in [0.05, 0.1) is 19.8 Å². The van der Waals surface area contributed by atoms with Gasteiger partial charge in [0.1, 0.15) is 11.6 Å². The molecule has 6 nitrogen and oxygen atoms in total. The standard InChI is InChI=1S/C31H35NO5S/c1-31(2,3)22-13-14-23-26(18-22)38-29(28(23)30(34)36-5)32-27(33)16-12-20-11-15-24(25(17-20)35-4)37-19-21-9-7-6-8-10-21/h6-12,15-17,22H,13-14,18-19H2,1-5H3,(H,32,33)/b16-12+/t22-/m0/s1. The van der Waals surface area contributed by atoms with Crippen LogP contribution in [0.15, 0.2) is 54.6 Å². The van der Waals surface area contributed by atoms with Crippen LogP contribution in [-0.4, -0.2) is 26.1 Å². The van der Waals surface area contributed by atoms with Gasteiger partial charge in [0.25, 0.3) is 0 Å². The van der Waals surface area contributed by atoms with Gasteiger partial charge in [-0.2, -0.15) is 0 Å². The first-order valence-electron chi connectivity index (χ1n) is 12.8. The maximum atomic E-state index is 12.9. The van der Waals surface area contributed by atoms with Gasteiger partial charge in [0.2, 0.25) is 5.91 Å². The summed E-state index contributed by atoms with van der Waals surface area (Å²) < 4.78 is 16.5. The molecule has 3 aromatic rings. The van der Waals surface area contributed by atoms with Crippen molar-refractivity contribution in [1.29, 1.82) is 0 Å². The second kappa shape index (κ2) is 11.9. The van der Waals surface area contributed by atoms with Gasteiger partial charge in [-0.15, -0.1) is 11.3 Å². The highest BCUT2D eigenvalue weighted by Crippen LogP contribution is 2.44. The van der Waals surface area contributed by atoms with Crippen LogP contribution in [0.5, 0.6) is 11.5 Å². The number of benzene rings is 2. The van der Waals surface area contributed by atoms with Crippen molar-refractivity contribution in [1.82, 2.24) is 0 Å². The number of methoxy groups -OCH3 is 2. The number of fused-ring (bicyclic) bond motifs is 1. The van der Waals surface area contributed by atoms with Gasteiger partial charge in [-0.25, -0.2) is 4.79 Å². The minimum Gasteiger partial charge on any atom is -0.493 e. The first-order valence-corrected chi connectivity index (χ1v) is 13.6. The molecule has 0 radical (unpaired) electrons. The van der Waals surface area contributed by atoms with Crippen LogP contribution in [-0.2, 0) is 29.0 Å². The molecule has 1 aliphatic carbocycles. The molecule has 0 aliphatic heterocycles. The summed E-state index contributed by atoms with van der Waals surface area (Å²) >= 11 is 1.48. The van der Waals surface area contributed by atoms with E-state index in [-0.39, 0.29) is 11.3 Å². The summed E-state index contributed by atoms with van der Waals surface area (Å²) in [5.74, 6) is 1.00. The maximum Gasteiger partial charge on any atom is 0.341 e. The number of rotatable bonds is 8. The molecular weight excluding hydrogens is 498 g/mol. The number of ether oxygens (including phenoxy) is 3. The molecular formula is C31H35NO5S. The van der Waals surface area contributed by atoms with Crippen molar-refractivity contribution in [3.63, 3.8) is 0 Å². The van der Waals surface area contributed by atoms with Crippen molar-refractivity contribution in [3.05, 3.63) is 81.7 Å². The van der Waals surface area contributed by atoms with E-state index in [0.717, 1.165) is 40.8 Å². The number of carbonyl (C=O) groups is 2. The highest BCUT2D eigenvalue weighted by molar-refractivity contribution is 7.17. The van der Waals surface area contributed by atoms with Crippen molar-refractivity contribution in [2.45, 2.75) is 46.6 Å². The Morgan fingerprint density at radius 2 is 1.84 bits per heavy atom. The number of amides is 1. The lowest BCUT2D eigenvalue weighted by molar-refractivity contribution is -0.111. The SMILES string of the molecule is COC(=O)c1c(NC(=O)/C=C/c2ccc(OCc3ccccc3)c(OC)c2)sc2c1CC[C@H](C(C)(C)C)C2. The Hall–Kier alpha value is -3.58. The molecule has 7 heteroatoms. The van der Waals surface area contributed by atoms with Crippen LogP contribution in [0.4, 0.5) is 5.00 Å². The van der Waals surface area contributed by atoms with E-state index in [1.54, 1.807) is 13.2 Å². The lowest BCUT2D eigenvalue weighted by Gasteiger charge is -2.33. The van der Waals surface area contributed by atoms with E-state index in [0.29, 0.717) is 34.6 Å². The Labute approximate surface area is 228 Å². The number of anilines is 1. The molecule has 1 aliphatic rings. The number of carbonyl (C=O) groups excluding carboxylic acids is 2. The summed E-state index contributed by atoms with van der Waals surface area (Å²) in [6.45, 7) is 7.18. The van der Waals surface area contributed by atoms with Crippen molar-refractivity contribution in [2.24, 2.45) is 11.3 Å². The number of esters is 1. The molecule has 38 heavy (non-hydrogen) atoms. The summed E-state index contributed by atoms with van der Waals surface area (Å²) in [5.41, 5.74) is 3.53. The van der Waals surface area contributed by atoms with E-state index in [1.807, 2.05) is 48.5 Å². The summed E-state index contributed by atoms with van der Waals surface area (Å²) in [7, 11) is 2.96. The van der Waals surface area contributed by atoms with Crippen molar-refractivity contribution in [2.75, 3.05) is 19.5 Å². The quantitative estimate of drug-likeness (QED) is 0.251. The van der Waals surface area contributed by atoms with Gasteiger partial charge in [-0.3, -0.25) is 4.79 Å². The minimum absolute atomic E-state index is 0.183. The number of hydrogen-bond acceptors (Lipinski definition) is 6. The Bertz CT molecular complexity index is 1320. The van der Waals surface area contributed by atoms with E-state index in [2.05, 4.69) is 26.1 Å². The normalized spacial score (nSPS) is 15.1. The van der Waals surface area contributed by atoms with Crippen molar-refractivity contribution < 1.29 is 23.8 Å². The molecule has 0 spiro atoms. The lowest BCUT2D eigenvalue weighted by Crippen LogP contribution is -2.26. The zero-order valence-electron chi connectivity index (χ0n) is 22.6. The predicted octanol–water partition coefficient (Wildman–Crippen LogP) is 6.93. The predicted molar refractivity (Wildman–Crippen MR) is 152 cm³/mol. The third-order valence-electron chi connectivity index (χ3n) is 6.97. The number of hydrogen-bond donors (Lipinski definition) is 1. The second-order valence-electron chi connectivity index (χ2n) is 10.5. The fourth-order valence-electron chi connectivity index (χ4n) is 4.70. The lowest BCUT2D eigenvalue weighted by atomic mass is 9.72. The zero-order valence-corrected chi connectivity index (χ0v) is 23.4. The molecule has 200 valence electrons. The van der Waals surface area contributed by atoms with Crippen LogP contribution in [0.3, 0.4) is 0 Å². The molecule has 0 saturated carbocycles. The van der Waals surface area contributed by atoms with Crippen LogP contribution in [0.1, 0.15) is 59.1 Å². The number of nitrogens with one attached hydrogen (secondary N) is 1. The van der Waals surface area contributed by atoms with Gasteiger partial charge in [-0.05, 0) is 65.5 Å². The van der Waals surface area contributed by atoms with E-state index < -0.39 is 5.97 Å². The Morgan fingerprint density at radius 3 is 2.53 bits per heavy atom. The largest absolute Gasteiger partial charge is 0.493 e. The van der Waals surface area contributed by atoms with Crippen LogP contribution in [0.25, 0.3) is 6.08 Å². The Kier molecular flexibility index (Phi) is 8.57. The fraction of sp³-hybridized carbons (Fsp3) is 0.355. The van der Waals surface area contributed by atoms with Gasteiger partial charge in [0.15, 0.2) is 11.5 Å². The Morgan fingerprint density at radius 1 is 1.08 bits per heavy atom. The molecule has 0 unspecified atom stereocenters. The molecule has 0 fully saturated rings. The Balaban J connectivity index is 1.47. The van der Waals surface area contributed by atoms with Crippen LogP contribution in [0, 0.1) is 11.3 Å². The van der Waals surface area contributed by atoms with Crippen molar-refractivity contribution >= 4 is 34.3 Å². The minimum atomic E-state index is -0.410. The molecule has 1 aromatic heterocycles. The zero-order chi connectivity index (χ0) is 27.3. The smallest absolute Gasteiger partial charge is 0.341 e. The average molecular weight is 534 g/mol. The van der Waals surface area contributed by atoms with E-state index in [4.69, 9.17) is 14.2 Å². The van der Waals surface area contributed by atoms with Gasteiger partial charge in [-0.1, -0.05) is 57.2 Å². The highest BCUT2D eigenvalue weighted by Gasteiger charge is 2.34. The highest BCUT2D eigenvalue weighted by atomic mass is 32.1. The molecule has 4 rings (SSSR count).